The normalized spacial score (nSPS) is 30.6. The van der Waals surface area contributed by atoms with Gasteiger partial charge in [-0.1, -0.05) is 11.6 Å². The van der Waals surface area contributed by atoms with Crippen LogP contribution in [-0.2, 0) is 82.3 Å². The van der Waals surface area contributed by atoms with Gasteiger partial charge in [0.15, 0.2) is 35.4 Å². The number of aromatic nitrogens is 11. The van der Waals surface area contributed by atoms with Crippen LogP contribution in [0.3, 0.4) is 0 Å². The summed E-state index contributed by atoms with van der Waals surface area (Å²) >= 11 is 1.88. The summed E-state index contributed by atoms with van der Waals surface area (Å²) in [6.07, 6.45) is -1.63. The Morgan fingerprint density at radius 2 is 1.39 bits per heavy atom. The monoisotopic (exact) mass is 1260 g/mol. The standard InChI is InChI=1S/C45H66N15O20P3S/c46-39-33-41(50-22-48-39)59(24-52-33)43-35(62)36-29(76-43)19-74-83(68,69)79-37-30(20-75-82(66,67)78-36)77-44(60-25-53-34-40(47)49-23-51-42(34)60)38(37)80-81(64,65)73-12-4-3-6-26-18-58(57-56-26)10-13-71-15-17-72-16-14-70-11-5-8-27(61)7-1-2-9-31-32-28(21-84-31)54-45(63)55-32/h18,22-25,28-32,35-38,43-44,62H,1-17,19-21H2,(H,64,65)(H,66,67)(H,68,69)(H2,46,48,50)(H2,47,49,51)(H2,54,55,63)/t28?,29-,30-,31?,32?,35?,36+,37?,38+,43-,44-/m1/s1. The molecule has 10 heterocycles. The number of nitrogens with zero attached hydrogens (tertiary/aromatic N) is 11. The molecule has 0 aliphatic carbocycles. The highest BCUT2D eigenvalue weighted by Crippen LogP contribution is 2.57. The Morgan fingerprint density at radius 3 is 2.10 bits per heavy atom. The van der Waals surface area contributed by atoms with Crippen LogP contribution in [0.2, 0.25) is 0 Å². The molecule has 5 aliphatic rings. The van der Waals surface area contributed by atoms with E-state index in [-0.39, 0.29) is 70.9 Å². The molecule has 10 N–H and O–H groups in total. The number of aliphatic hydroxyl groups is 1. The van der Waals surface area contributed by atoms with Crippen LogP contribution in [0.1, 0.15) is 69.5 Å². The van der Waals surface area contributed by atoms with Crippen molar-refractivity contribution in [3.8, 4) is 0 Å². The van der Waals surface area contributed by atoms with E-state index in [1.54, 1.807) is 10.9 Å². The predicted molar refractivity (Wildman–Crippen MR) is 289 cm³/mol. The zero-order valence-corrected chi connectivity index (χ0v) is 48.5. The number of Topliss-reactive ketones (excluding diaryl/α,β-unsaturated/α-hetero) is 1. The number of nitrogens with one attached hydrogen (secondary N) is 2. The largest absolute Gasteiger partial charge is 0.472 e. The number of anilines is 2. The first-order valence-electron chi connectivity index (χ1n) is 27.1. The van der Waals surface area contributed by atoms with E-state index >= 15 is 0 Å². The number of hydrogen-bond donors (Lipinski definition) is 8. The van der Waals surface area contributed by atoms with Gasteiger partial charge < -0.3 is 65.6 Å². The van der Waals surface area contributed by atoms with E-state index in [9.17, 15) is 43.1 Å². The summed E-state index contributed by atoms with van der Waals surface area (Å²) in [6, 6.07) is 0.316. The van der Waals surface area contributed by atoms with Crippen LogP contribution in [0.25, 0.3) is 22.3 Å². The third-order valence-electron chi connectivity index (χ3n) is 14.2. The highest BCUT2D eigenvalue weighted by atomic mass is 32.2. The fraction of sp³-hybridized carbons (Fsp3) is 0.689. The van der Waals surface area contributed by atoms with Gasteiger partial charge in [-0.2, -0.15) is 11.8 Å². The Labute approximate surface area is 482 Å². The van der Waals surface area contributed by atoms with Crippen molar-refractivity contribution in [2.24, 2.45) is 0 Å². The molecule has 5 aromatic heterocycles. The van der Waals surface area contributed by atoms with Crippen molar-refractivity contribution in [2.75, 3.05) is 76.7 Å². The summed E-state index contributed by atoms with van der Waals surface area (Å²) in [5.74, 6) is 1.12. The molecule has 5 fully saturated rings. The van der Waals surface area contributed by atoms with E-state index in [1.807, 2.05) is 11.8 Å². The van der Waals surface area contributed by atoms with Gasteiger partial charge in [0.05, 0.1) is 89.8 Å². The Balaban J connectivity index is 0.647. The third kappa shape index (κ3) is 15.7. The average Bonchev–Trinajstić information content (AvgIpc) is 3.30. The maximum absolute atomic E-state index is 13.9. The average molecular weight is 1260 g/mol. The van der Waals surface area contributed by atoms with Crippen molar-refractivity contribution in [1.29, 1.82) is 0 Å². The minimum atomic E-state index is -5.33. The highest BCUT2D eigenvalue weighted by molar-refractivity contribution is 8.00. The fourth-order valence-corrected chi connectivity index (χ4v) is 14.6. The topological polar surface area (TPSA) is 462 Å². The number of ether oxygens (including phenoxy) is 5. The Kier molecular flexibility index (Phi) is 20.7. The SMILES string of the molecule is Nc1ncnc2c1ncn2[C@@H]1O[C@@H]2COP(=O)(O)OC3[C@@H](COP(=O)(O)O[C@@H]2C1O)O[C@@H](n1cnc2c(N)ncnc21)[C@H]3OP(=O)(O)OCCCCc1cn(CCOCCOCCOCCCC(=O)CCCCC2SCC3NC(=O)NC32)nn1. The molecule has 39 heteroatoms. The molecule has 0 radical (unpaired) electrons. The van der Waals surface area contributed by atoms with Crippen molar-refractivity contribution in [1.82, 2.24) is 64.7 Å². The maximum Gasteiger partial charge on any atom is 0.472 e. The van der Waals surface area contributed by atoms with Gasteiger partial charge in [0.25, 0.3) is 0 Å². The van der Waals surface area contributed by atoms with Gasteiger partial charge in [-0.3, -0.25) is 41.1 Å². The zero-order chi connectivity index (χ0) is 59.0. The van der Waals surface area contributed by atoms with E-state index in [0.717, 1.165) is 37.7 Å². The summed E-state index contributed by atoms with van der Waals surface area (Å²) in [5.41, 5.74) is 12.9. The summed E-state index contributed by atoms with van der Waals surface area (Å²) in [5, 5.41) is 26.1. The first-order chi connectivity index (χ1) is 40.4. The number of carbonyl (C=O) groups is 2. The summed E-state index contributed by atoms with van der Waals surface area (Å²) in [4.78, 5) is 81.8. The summed E-state index contributed by atoms with van der Waals surface area (Å²) in [6.45, 7) is 0.566. The number of amides is 2. The number of phosphoric acid groups is 3. The van der Waals surface area contributed by atoms with Crippen molar-refractivity contribution >= 4 is 81.0 Å². The van der Waals surface area contributed by atoms with Crippen molar-refractivity contribution < 1.29 is 93.9 Å². The Bertz CT molecular complexity index is 3200. The van der Waals surface area contributed by atoms with Gasteiger partial charge in [-0.25, -0.2) is 53.1 Å². The van der Waals surface area contributed by atoms with Crippen LogP contribution in [0.5, 0.6) is 0 Å². The molecular formula is C45H66N15O20P3S. The molecule has 0 spiro atoms. The first kappa shape index (κ1) is 62.3. The number of ketones is 1. The van der Waals surface area contributed by atoms with Crippen LogP contribution in [-0.4, -0.2) is 205 Å². The van der Waals surface area contributed by atoms with Crippen LogP contribution in [0, 0.1) is 0 Å². The molecule has 5 aliphatic heterocycles. The second-order valence-electron chi connectivity index (χ2n) is 20.1. The lowest BCUT2D eigenvalue weighted by molar-refractivity contribution is -0.119. The number of hydrogen-bond acceptors (Lipinski definition) is 28. The molecule has 84 heavy (non-hydrogen) atoms. The van der Waals surface area contributed by atoms with Crippen molar-refractivity contribution in [2.45, 2.75) is 131 Å². The summed E-state index contributed by atoms with van der Waals surface area (Å²) in [7, 11) is -15.7. The first-order valence-corrected chi connectivity index (χ1v) is 32.6. The van der Waals surface area contributed by atoms with Crippen LogP contribution in [0.4, 0.5) is 16.4 Å². The number of imidazole rings is 2. The van der Waals surface area contributed by atoms with E-state index in [0.29, 0.717) is 89.2 Å². The third-order valence-corrected chi connectivity index (χ3v) is 18.7. The molecule has 5 saturated heterocycles. The van der Waals surface area contributed by atoms with Gasteiger partial charge >= 0.3 is 29.5 Å². The van der Waals surface area contributed by atoms with Gasteiger partial charge in [0.2, 0.25) is 0 Å². The second kappa shape index (κ2) is 27.9. The minimum Gasteiger partial charge on any atom is -0.386 e. The quantitative estimate of drug-likeness (QED) is 0.0198. The minimum absolute atomic E-state index is 0.00645. The number of phosphoric ester groups is 3. The van der Waals surface area contributed by atoms with E-state index in [2.05, 4.69) is 50.8 Å². The number of nitrogen functional groups attached to an aromatic ring is 2. The summed E-state index contributed by atoms with van der Waals surface area (Å²) < 4.78 is 107. The van der Waals surface area contributed by atoms with Gasteiger partial charge in [-0.05, 0) is 38.5 Å². The highest BCUT2D eigenvalue weighted by Gasteiger charge is 2.56. The van der Waals surface area contributed by atoms with Crippen LogP contribution < -0.4 is 22.1 Å². The van der Waals surface area contributed by atoms with Crippen molar-refractivity contribution in [3.63, 3.8) is 0 Å². The number of aryl methyl sites for hydroxylation is 1. The number of nitrogens with two attached hydrogens (primary N) is 2. The zero-order valence-electron chi connectivity index (χ0n) is 45.0. The Morgan fingerprint density at radius 1 is 0.774 bits per heavy atom. The molecule has 35 nitrogen and oxygen atoms in total. The molecule has 0 bridgehead atoms. The molecule has 2 amide bonds. The number of unbranched alkanes of at least 4 members (excludes halogenated alkanes) is 2. The van der Waals surface area contributed by atoms with Crippen molar-refractivity contribution in [3.05, 3.63) is 37.2 Å². The molecule has 8 unspecified atom stereocenters. The lowest BCUT2D eigenvalue weighted by atomic mass is 10.0. The molecule has 14 atom stereocenters. The molecular weight excluding hydrogens is 1200 g/mol. The molecule has 462 valence electrons. The molecule has 10 rings (SSSR count). The molecule has 5 aromatic rings. The predicted octanol–water partition coefficient (Wildman–Crippen LogP) is 1.25. The maximum atomic E-state index is 13.9. The van der Waals surface area contributed by atoms with E-state index in [4.69, 9.17) is 62.3 Å². The number of thioether (sulfide) groups is 1. The number of carbonyl (C=O) groups excluding carboxylic acids is 2. The molecule has 0 saturated carbocycles. The second-order valence-corrected chi connectivity index (χ2v) is 25.6. The Hall–Kier alpha value is -4.78. The smallest absolute Gasteiger partial charge is 0.386 e. The van der Waals surface area contributed by atoms with Gasteiger partial charge in [0, 0.05) is 36.6 Å². The number of rotatable bonds is 28. The number of fused-ring (bicyclic) bond motifs is 5. The van der Waals surface area contributed by atoms with E-state index in [1.165, 1.54) is 21.8 Å². The van der Waals surface area contributed by atoms with Gasteiger partial charge in [0.1, 0.15) is 66.1 Å². The van der Waals surface area contributed by atoms with Crippen LogP contribution >= 0.6 is 35.2 Å². The van der Waals surface area contributed by atoms with Gasteiger partial charge in [-0.15, -0.1) is 5.10 Å². The number of aliphatic hydroxyl groups excluding tert-OH is 1. The van der Waals surface area contributed by atoms with Crippen LogP contribution in [0.15, 0.2) is 31.5 Å². The molecule has 0 aromatic carbocycles. The number of urea groups is 1. The van der Waals surface area contributed by atoms with E-state index < -0.39 is 85.8 Å². The fourth-order valence-electron chi connectivity index (χ4n) is 10.2. The lowest BCUT2D eigenvalue weighted by Gasteiger charge is -2.29. The lowest BCUT2D eigenvalue weighted by Crippen LogP contribution is -2.39.